The smallest absolute Gasteiger partial charge is 0.257 e. The molecule has 1 aromatic heterocycles. The Kier molecular flexibility index (Phi) is 3.62. The summed E-state index contributed by atoms with van der Waals surface area (Å²) in [5.74, 6) is 0.540. The van der Waals surface area contributed by atoms with Crippen molar-refractivity contribution in [2.45, 2.75) is 13.8 Å². The van der Waals surface area contributed by atoms with Crippen LogP contribution in [0, 0.1) is 13.8 Å². The van der Waals surface area contributed by atoms with E-state index in [0.29, 0.717) is 16.4 Å². The Hall–Kier alpha value is -1.88. The van der Waals surface area contributed by atoms with E-state index >= 15 is 0 Å². The van der Waals surface area contributed by atoms with E-state index in [0.717, 1.165) is 10.4 Å². The normalized spacial score (nSPS) is 10.2. The van der Waals surface area contributed by atoms with E-state index < -0.39 is 0 Å². The second-order valence-corrected chi connectivity index (χ2v) is 5.10. The number of thiazole rings is 1. The number of anilines is 1. The minimum atomic E-state index is -0.166. The lowest BCUT2D eigenvalue weighted by Crippen LogP contribution is -2.13. The van der Waals surface area contributed by atoms with E-state index in [1.54, 1.807) is 25.4 Å². The highest BCUT2D eigenvalue weighted by atomic mass is 32.1. The summed E-state index contributed by atoms with van der Waals surface area (Å²) in [5.41, 5.74) is 1.42. The molecule has 2 rings (SSSR count). The third kappa shape index (κ3) is 2.51. The van der Waals surface area contributed by atoms with E-state index in [-0.39, 0.29) is 5.91 Å². The zero-order valence-electron chi connectivity index (χ0n) is 10.5. The first-order valence-electron chi connectivity index (χ1n) is 5.49. The molecule has 0 aliphatic carbocycles. The SMILES string of the molecule is COc1cccc(C(=O)Nc2ncc(C)s2)c1C. The van der Waals surface area contributed by atoms with Crippen molar-refractivity contribution in [2.75, 3.05) is 12.4 Å². The molecule has 4 nitrogen and oxygen atoms in total. The average Bonchev–Trinajstić information content (AvgIpc) is 2.75. The first-order valence-corrected chi connectivity index (χ1v) is 6.31. The summed E-state index contributed by atoms with van der Waals surface area (Å²) in [6.07, 6.45) is 1.73. The summed E-state index contributed by atoms with van der Waals surface area (Å²) in [4.78, 5) is 17.3. The number of carbonyl (C=O) groups is 1. The fourth-order valence-corrected chi connectivity index (χ4v) is 2.32. The lowest BCUT2D eigenvalue weighted by molar-refractivity contribution is 0.102. The van der Waals surface area contributed by atoms with Gasteiger partial charge in [-0.1, -0.05) is 6.07 Å². The van der Waals surface area contributed by atoms with Crippen LogP contribution in [-0.2, 0) is 0 Å². The standard InChI is InChI=1S/C13H14N2O2S/c1-8-7-14-13(18-8)15-12(16)10-5-4-6-11(17-3)9(10)2/h4-7H,1-3H3,(H,14,15,16). The fraction of sp³-hybridized carbons (Fsp3) is 0.231. The number of benzene rings is 1. The van der Waals surface area contributed by atoms with Gasteiger partial charge in [-0.25, -0.2) is 4.98 Å². The molecule has 1 N–H and O–H groups in total. The second kappa shape index (κ2) is 5.18. The molecule has 0 saturated carbocycles. The highest BCUT2D eigenvalue weighted by Gasteiger charge is 2.13. The van der Waals surface area contributed by atoms with Gasteiger partial charge in [-0.05, 0) is 26.0 Å². The molecule has 0 spiro atoms. The van der Waals surface area contributed by atoms with Crippen LogP contribution in [0.25, 0.3) is 0 Å². The van der Waals surface area contributed by atoms with E-state index in [1.165, 1.54) is 11.3 Å². The van der Waals surface area contributed by atoms with Crippen molar-refractivity contribution in [2.24, 2.45) is 0 Å². The van der Waals surface area contributed by atoms with Crippen LogP contribution in [0.4, 0.5) is 5.13 Å². The number of nitrogens with zero attached hydrogens (tertiary/aromatic N) is 1. The Morgan fingerprint density at radius 1 is 1.39 bits per heavy atom. The summed E-state index contributed by atoms with van der Waals surface area (Å²) in [5, 5.41) is 3.39. The molecule has 0 atom stereocenters. The van der Waals surface area contributed by atoms with Gasteiger partial charge in [0.25, 0.3) is 5.91 Å². The summed E-state index contributed by atoms with van der Waals surface area (Å²) < 4.78 is 5.20. The summed E-state index contributed by atoms with van der Waals surface area (Å²) >= 11 is 1.45. The molecule has 1 aromatic carbocycles. The predicted molar refractivity (Wildman–Crippen MR) is 72.5 cm³/mol. The van der Waals surface area contributed by atoms with E-state index in [4.69, 9.17) is 4.74 Å². The average molecular weight is 262 g/mol. The lowest BCUT2D eigenvalue weighted by atomic mass is 10.1. The van der Waals surface area contributed by atoms with Gasteiger partial charge in [0.1, 0.15) is 5.75 Å². The molecule has 0 radical (unpaired) electrons. The summed E-state index contributed by atoms with van der Waals surface area (Å²) in [6.45, 7) is 3.81. The van der Waals surface area contributed by atoms with Gasteiger partial charge in [-0.2, -0.15) is 0 Å². The molecule has 0 aliphatic rings. The highest BCUT2D eigenvalue weighted by Crippen LogP contribution is 2.23. The molecular weight excluding hydrogens is 248 g/mol. The third-order valence-corrected chi connectivity index (χ3v) is 3.42. The number of rotatable bonds is 3. The monoisotopic (exact) mass is 262 g/mol. The molecule has 0 aliphatic heterocycles. The molecular formula is C13H14N2O2S. The van der Waals surface area contributed by atoms with Crippen molar-refractivity contribution >= 4 is 22.4 Å². The van der Waals surface area contributed by atoms with Crippen LogP contribution in [0.3, 0.4) is 0 Å². The lowest BCUT2D eigenvalue weighted by Gasteiger charge is -2.09. The van der Waals surface area contributed by atoms with Crippen LogP contribution in [0.1, 0.15) is 20.8 Å². The number of amides is 1. The number of hydrogen-bond donors (Lipinski definition) is 1. The maximum absolute atomic E-state index is 12.1. The number of methoxy groups -OCH3 is 1. The Balaban J connectivity index is 2.24. The van der Waals surface area contributed by atoms with Crippen molar-refractivity contribution in [3.63, 3.8) is 0 Å². The molecule has 1 amide bonds. The van der Waals surface area contributed by atoms with E-state index in [2.05, 4.69) is 10.3 Å². The van der Waals surface area contributed by atoms with Crippen molar-refractivity contribution in [3.8, 4) is 5.75 Å². The molecule has 5 heteroatoms. The van der Waals surface area contributed by atoms with Crippen molar-refractivity contribution in [3.05, 3.63) is 40.4 Å². The van der Waals surface area contributed by atoms with Crippen molar-refractivity contribution in [1.82, 2.24) is 4.98 Å². The Bertz CT molecular complexity index is 578. The van der Waals surface area contributed by atoms with Crippen LogP contribution in [0.15, 0.2) is 24.4 Å². The molecule has 0 unspecified atom stereocenters. The number of ether oxygens (including phenoxy) is 1. The zero-order chi connectivity index (χ0) is 13.1. The first-order chi connectivity index (χ1) is 8.61. The molecule has 94 valence electrons. The topological polar surface area (TPSA) is 51.2 Å². The predicted octanol–water partition coefficient (Wildman–Crippen LogP) is 3.02. The number of carbonyl (C=O) groups excluding carboxylic acids is 1. The van der Waals surface area contributed by atoms with Crippen LogP contribution in [0.2, 0.25) is 0 Å². The highest BCUT2D eigenvalue weighted by molar-refractivity contribution is 7.15. The van der Waals surface area contributed by atoms with E-state index in [1.807, 2.05) is 19.9 Å². The van der Waals surface area contributed by atoms with E-state index in [9.17, 15) is 4.79 Å². The quantitative estimate of drug-likeness (QED) is 0.925. The number of hydrogen-bond acceptors (Lipinski definition) is 4. The van der Waals surface area contributed by atoms with Gasteiger partial charge in [0, 0.05) is 22.2 Å². The molecule has 0 saturated heterocycles. The molecule has 1 heterocycles. The maximum Gasteiger partial charge on any atom is 0.257 e. The molecule has 0 fully saturated rings. The van der Waals surface area contributed by atoms with Gasteiger partial charge in [0.2, 0.25) is 0 Å². The first kappa shape index (κ1) is 12.6. The van der Waals surface area contributed by atoms with Crippen molar-refractivity contribution in [1.29, 1.82) is 0 Å². The third-order valence-electron chi connectivity index (χ3n) is 2.59. The maximum atomic E-state index is 12.1. The number of nitrogens with one attached hydrogen (secondary N) is 1. The Morgan fingerprint density at radius 2 is 2.17 bits per heavy atom. The number of aromatic nitrogens is 1. The summed E-state index contributed by atoms with van der Waals surface area (Å²) in [7, 11) is 1.59. The Morgan fingerprint density at radius 3 is 2.78 bits per heavy atom. The second-order valence-electron chi connectivity index (χ2n) is 3.86. The van der Waals surface area contributed by atoms with Gasteiger partial charge in [0.05, 0.1) is 7.11 Å². The Labute approximate surface area is 110 Å². The van der Waals surface area contributed by atoms with Gasteiger partial charge in [-0.15, -0.1) is 11.3 Å². The van der Waals surface area contributed by atoms with Crippen LogP contribution < -0.4 is 10.1 Å². The van der Waals surface area contributed by atoms with Gasteiger partial charge < -0.3 is 4.74 Å². The van der Waals surface area contributed by atoms with Crippen LogP contribution in [-0.4, -0.2) is 18.0 Å². The minimum Gasteiger partial charge on any atom is -0.496 e. The zero-order valence-corrected chi connectivity index (χ0v) is 11.3. The van der Waals surface area contributed by atoms with Crippen molar-refractivity contribution < 1.29 is 9.53 Å². The van der Waals surface area contributed by atoms with Crippen LogP contribution >= 0.6 is 11.3 Å². The van der Waals surface area contributed by atoms with Gasteiger partial charge in [0.15, 0.2) is 5.13 Å². The summed E-state index contributed by atoms with van der Waals surface area (Å²) in [6, 6.07) is 5.40. The molecule has 18 heavy (non-hydrogen) atoms. The van der Waals surface area contributed by atoms with Gasteiger partial charge in [-0.3, -0.25) is 10.1 Å². The van der Waals surface area contributed by atoms with Gasteiger partial charge >= 0.3 is 0 Å². The van der Waals surface area contributed by atoms with Crippen LogP contribution in [0.5, 0.6) is 5.75 Å². The number of aryl methyl sites for hydroxylation is 1. The minimum absolute atomic E-state index is 0.166. The molecule has 0 bridgehead atoms. The molecule has 2 aromatic rings. The largest absolute Gasteiger partial charge is 0.496 e. The fourth-order valence-electron chi connectivity index (χ4n) is 1.66.